The molecule has 0 atom stereocenters. The zero-order valence-electron chi connectivity index (χ0n) is 9.30. The topological polar surface area (TPSA) is 26.3 Å². The minimum absolute atomic E-state index is 0.0444. The maximum absolute atomic E-state index is 12.9. The highest BCUT2D eigenvalue weighted by atomic mass is 19.4. The van der Waals surface area contributed by atoms with E-state index in [2.05, 4.69) is 0 Å². The molecule has 1 aliphatic heterocycles. The second kappa shape index (κ2) is 4.70. The zero-order valence-corrected chi connectivity index (χ0v) is 9.30. The van der Waals surface area contributed by atoms with Crippen molar-refractivity contribution >= 4 is 5.57 Å². The van der Waals surface area contributed by atoms with Gasteiger partial charge in [0.2, 0.25) is 0 Å². The average Bonchev–Trinajstić information content (AvgIpc) is 2.29. The summed E-state index contributed by atoms with van der Waals surface area (Å²) in [5, 5.41) is 11.7. The Hall–Kier alpha value is -1.40. The Labute approximate surface area is 101 Å². The van der Waals surface area contributed by atoms with Gasteiger partial charge in [-0.3, -0.25) is 0 Å². The maximum Gasteiger partial charge on any atom is 0.417 e. The monoisotopic (exact) mass is 260 g/mol. The predicted molar refractivity (Wildman–Crippen MR) is 58.9 cm³/mol. The molecule has 0 aliphatic carbocycles. The molecule has 98 valence electrons. The van der Waals surface area contributed by atoms with Gasteiger partial charge in [0.05, 0.1) is 5.56 Å². The molecule has 6 heteroatoms. The minimum Gasteiger partial charge on any atom is -0.785 e. The summed E-state index contributed by atoms with van der Waals surface area (Å²) in [5.41, 5.74) is -0.598. The largest absolute Gasteiger partial charge is 0.785 e. The maximum atomic E-state index is 12.9. The summed E-state index contributed by atoms with van der Waals surface area (Å²) < 4.78 is 51.3. The van der Waals surface area contributed by atoms with E-state index in [-0.39, 0.29) is 25.1 Å². The molecule has 0 bridgehead atoms. The molecule has 0 saturated carbocycles. The van der Waals surface area contributed by atoms with E-state index in [1.54, 1.807) is 0 Å². The minimum atomic E-state index is -4.60. The zero-order chi connectivity index (χ0) is 13.3. The molecule has 1 aromatic rings. The number of benzene rings is 1. The quantitative estimate of drug-likeness (QED) is 0.723. The van der Waals surface area contributed by atoms with E-state index < -0.39 is 17.6 Å². The van der Waals surface area contributed by atoms with E-state index >= 15 is 0 Å². The van der Waals surface area contributed by atoms with E-state index in [4.69, 9.17) is 0 Å². The van der Waals surface area contributed by atoms with Crippen LogP contribution in [0.25, 0.3) is 5.57 Å². The number of alkyl halides is 3. The summed E-state index contributed by atoms with van der Waals surface area (Å²) in [4.78, 5) is 0. The number of halogens is 4. The van der Waals surface area contributed by atoms with Crippen molar-refractivity contribution < 1.29 is 17.6 Å². The van der Waals surface area contributed by atoms with Crippen molar-refractivity contribution in [2.75, 3.05) is 13.1 Å². The summed E-state index contributed by atoms with van der Waals surface area (Å²) in [5.74, 6) is -0.923. The molecule has 0 N–H and O–H groups in total. The summed E-state index contributed by atoms with van der Waals surface area (Å²) in [6.07, 6.45) is -2.91. The van der Waals surface area contributed by atoms with Crippen LogP contribution in [0, 0.1) is 11.0 Å². The lowest BCUT2D eigenvalue weighted by molar-refractivity contribution is -0.138. The van der Waals surface area contributed by atoms with Gasteiger partial charge in [-0.1, -0.05) is 12.1 Å². The van der Waals surface area contributed by atoms with E-state index in [0.717, 1.165) is 17.2 Å². The summed E-state index contributed by atoms with van der Waals surface area (Å²) >= 11 is 0. The van der Waals surface area contributed by atoms with Gasteiger partial charge < -0.3 is 10.3 Å². The van der Waals surface area contributed by atoms with Crippen LogP contribution in [-0.4, -0.2) is 18.2 Å². The Bertz CT molecular complexity index is 481. The molecule has 1 aromatic carbocycles. The smallest absolute Gasteiger partial charge is 0.417 e. The van der Waals surface area contributed by atoms with Crippen LogP contribution in [0.15, 0.2) is 24.3 Å². The molecule has 1 aliphatic rings. The van der Waals surface area contributed by atoms with E-state index in [9.17, 15) is 22.8 Å². The Kier molecular flexibility index (Phi) is 3.41. The van der Waals surface area contributed by atoms with E-state index in [0.29, 0.717) is 11.6 Å². The van der Waals surface area contributed by atoms with Crippen molar-refractivity contribution in [2.24, 2.45) is 0 Å². The molecule has 0 unspecified atom stereocenters. The molecule has 0 aromatic heterocycles. The van der Waals surface area contributed by atoms with Crippen LogP contribution in [0.1, 0.15) is 17.5 Å². The molecule has 0 radical (unpaired) electrons. The normalized spacial score (nSPS) is 17.7. The average molecular weight is 260 g/mol. The molecule has 1 heterocycles. The van der Waals surface area contributed by atoms with Gasteiger partial charge >= 0.3 is 6.18 Å². The molecule has 0 saturated heterocycles. The van der Waals surface area contributed by atoms with Crippen molar-refractivity contribution in [1.82, 2.24) is 5.06 Å². The van der Waals surface area contributed by atoms with Crippen LogP contribution in [0.3, 0.4) is 0 Å². The molecule has 2 rings (SSSR count). The summed E-state index contributed by atoms with van der Waals surface area (Å²) in [7, 11) is 0. The van der Waals surface area contributed by atoms with Crippen molar-refractivity contribution in [3.8, 4) is 0 Å². The van der Waals surface area contributed by atoms with Crippen LogP contribution in [0.4, 0.5) is 17.6 Å². The lowest BCUT2D eigenvalue weighted by Gasteiger charge is -2.31. The SMILES string of the molecule is [O-]N1CC=C(c2ccc(F)cc2C(F)(F)F)CC1. The van der Waals surface area contributed by atoms with Crippen molar-refractivity contribution in [3.63, 3.8) is 0 Å². The first kappa shape index (κ1) is 13.0. The van der Waals surface area contributed by atoms with Gasteiger partial charge in [-0.15, -0.1) is 0 Å². The first-order valence-electron chi connectivity index (χ1n) is 5.36. The lowest BCUT2D eigenvalue weighted by Crippen LogP contribution is -2.22. The van der Waals surface area contributed by atoms with Gasteiger partial charge in [0.1, 0.15) is 5.82 Å². The predicted octanol–water partition coefficient (Wildman–Crippen LogP) is 3.43. The second-order valence-corrected chi connectivity index (χ2v) is 4.06. The van der Waals surface area contributed by atoms with E-state index in [1.165, 1.54) is 6.08 Å². The van der Waals surface area contributed by atoms with Crippen LogP contribution >= 0.6 is 0 Å². The number of hydrogen-bond donors (Lipinski definition) is 0. The van der Waals surface area contributed by atoms with Gasteiger partial charge in [-0.25, -0.2) is 4.39 Å². The third-order valence-corrected chi connectivity index (χ3v) is 2.80. The number of hydroxylamine groups is 2. The fourth-order valence-electron chi connectivity index (χ4n) is 1.93. The van der Waals surface area contributed by atoms with Crippen LogP contribution in [0.5, 0.6) is 0 Å². The van der Waals surface area contributed by atoms with Crippen molar-refractivity contribution in [2.45, 2.75) is 12.6 Å². The molecule has 18 heavy (non-hydrogen) atoms. The molecular formula is C12H10F4NO-. The first-order chi connectivity index (χ1) is 8.38. The van der Waals surface area contributed by atoms with Gasteiger partial charge in [0.25, 0.3) is 0 Å². The van der Waals surface area contributed by atoms with Gasteiger partial charge in [0, 0.05) is 6.54 Å². The highest BCUT2D eigenvalue weighted by Crippen LogP contribution is 2.37. The first-order valence-corrected chi connectivity index (χ1v) is 5.36. The number of nitrogens with zero attached hydrogens (tertiary/aromatic N) is 1. The fraction of sp³-hybridized carbons (Fsp3) is 0.333. The van der Waals surface area contributed by atoms with Gasteiger partial charge in [-0.2, -0.15) is 13.2 Å². The van der Waals surface area contributed by atoms with Crippen LogP contribution in [-0.2, 0) is 6.18 Å². The standard InChI is InChI=1S/C12H10F4NO/c13-9-1-2-10(11(7-9)12(14,15)16)8-3-5-17(18)6-4-8/h1-3,7H,4-6H2/q-1. The van der Waals surface area contributed by atoms with Crippen LogP contribution < -0.4 is 0 Å². The van der Waals surface area contributed by atoms with Gasteiger partial charge in [-0.05, 0) is 36.2 Å². The second-order valence-electron chi connectivity index (χ2n) is 4.06. The molecular weight excluding hydrogens is 250 g/mol. The molecule has 0 spiro atoms. The van der Waals surface area contributed by atoms with Crippen LogP contribution in [0.2, 0.25) is 0 Å². The third-order valence-electron chi connectivity index (χ3n) is 2.80. The third kappa shape index (κ3) is 2.70. The highest BCUT2D eigenvalue weighted by molar-refractivity contribution is 5.69. The Morgan fingerprint density at radius 3 is 2.50 bits per heavy atom. The van der Waals surface area contributed by atoms with Crippen molar-refractivity contribution in [3.05, 3.63) is 46.4 Å². The molecule has 2 nitrogen and oxygen atoms in total. The molecule has 0 amide bonds. The van der Waals surface area contributed by atoms with Crippen molar-refractivity contribution in [1.29, 1.82) is 0 Å². The Balaban J connectivity index is 2.45. The Morgan fingerprint density at radius 1 is 1.22 bits per heavy atom. The number of rotatable bonds is 1. The lowest BCUT2D eigenvalue weighted by atomic mass is 9.95. The Morgan fingerprint density at radius 2 is 1.94 bits per heavy atom. The fourth-order valence-corrected chi connectivity index (χ4v) is 1.93. The van der Waals surface area contributed by atoms with E-state index in [1.807, 2.05) is 0 Å². The number of hydrogen-bond acceptors (Lipinski definition) is 2. The summed E-state index contributed by atoms with van der Waals surface area (Å²) in [6.45, 7) is 0.213. The highest BCUT2D eigenvalue weighted by Gasteiger charge is 2.34. The molecule has 0 fully saturated rings. The summed E-state index contributed by atoms with van der Waals surface area (Å²) in [6, 6.07) is 2.60. The van der Waals surface area contributed by atoms with Gasteiger partial charge in [0.15, 0.2) is 0 Å².